The molecule has 1 amide bonds. The molecule has 2 aromatic rings. The van der Waals surface area contributed by atoms with Crippen molar-refractivity contribution >= 4 is 11.6 Å². The number of rotatable bonds is 5. The Bertz CT molecular complexity index is 610. The minimum atomic E-state index is -0.367. The fraction of sp³-hybridized carbons (Fsp3) is 0.235. The van der Waals surface area contributed by atoms with E-state index in [0.717, 1.165) is 5.56 Å². The lowest BCUT2D eigenvalue weighted by Gasteiger charge is -2.14. The Hall–Kier alpha value is -2.20. The average Bonchev–Trinajstić information content (AvgIpc) is 2.45. The highest BCUT2D eigenvalue weighted by molar-refractivity contribution is 5.92. The van der Waals surface area contributed by atoms with E-state index in [2.05, 4.69) is 10.6 Å². The Morgan fingerprint density at radius 1 is 1.19 bits per heavy atom. The standard InChI is InChI=1S/C17H19FN2O/c1-12-6-8-14(9-7-12)13(2)19-11-17(21)20-16-5-3-4-15(18)10-16/h3-10,13,19H,11H2,1-2H3,(H,20,21)/t13-/m1/s1. The van der Waals surface area contributed by atoms with Gasteiger partial charge in [0.25, 0.3) is 0 Å². The van der Waals surface area contributed by atoms with E-state index in [-0.39, 0.29) is 24.3 Å². The summed E-state index contributed by atoms with van der Waals surface area (Å²) in [5.74, 6) is -0.562. The molecule has 0 radical (unpaired) electrons. The molecular weight excluding hydrogens is 267 g/mol. The minimum Gasteiger partial charge on any atom is -0.325 e. The second kappa shape index (κ2) is 6.99. The predicted octanol–water partition coefficient (Wildman–Crippen LogP) is 3.42. The summed E-state index contributed by atoms with van der Waals surface area (Å²) in [5, 5.41) is 5.80. The average molecular weight is 286 g/mol. The third-order valence-electron chi connectivity index (χ3n) is 3.25. The molecule has 0 aliphatic heterocycles. The first-order valence-electron chi connectivity index (χ1n) is 6.90. The number of anilines is 1. The van der Waals surface area contributed by atoms with Gasteiger partial charge in [0.1, 0.15) is 5.82 Å². The molecule has 110 valence electrons. The summed E-state index contributed by atoms with van der Waals surface area (Å²) in [6.45, 7) is 4.21. The Kier molecular flexibility index (Phi) is 5.06. The molecule has 21 heavy (non-hydrogen) atoms. The van der Waals surface area contributed by atoms with E-state index in [1.165, 1.54) is 17.7 Å². The molecule has 0 unspecified atom stereocenters. The van der Waals surface area contributed by atoms with Crippen molar-refractivity contribution in [2.45, 2.75) is 19.9 Å². The van der Waals surface area contributed by atoms with Crippen molar-refractivity contribution in [1.82, 2.24) is 5.32 Å². The second-order valence-corrected chi connectivity index (χ2v) is 5.07. The molecule has 2 aromatic carbocycles. The van der Waals surface area contributed by atoms with Crippen LogP contribution in [0.2, 0.25) is 0 Å². The summed E-state index contributed by atoms with van der Waals surface area (Å²) >= 11 is 0. The number of halogens is 1. The zero-order chi connectivity index (χ0) is 15.2. The highest BCUT2D eigenvalue weighted by Gasteiger charge is 2.08. The third-order valence-corrected chi connectivity index (χ3v) is 3.25. The summed E-state index contributed by atoms with van der Waals surface area (Å²) in [5.41, 5.74) is 2.79. The second-order valence-electron chi connectivity index (χ2n) is 5.07. The van der Waals surface area contributed by atoms with Crippen LogP contribution >= 0.6 is 0 Å². The van der Waals surface area contributed by atoms with E-state index in [1.807, 2.05) is 38.1 Å². The molecule has 0 saturated carbocycles. The van der Waals surface area contributed by atoms with Crippen LogP contribution in [0.4, 0.5) is 10.1 Å². The smallest absolute Gasteiger partial charge is 0.238 e. The minimum absolute atomic E-state index is 0.0730. The molecule has 0 spiro atoms. The maximum absolute atomic E-state index is 13.0. The molecule has 0 bridgehead atoms. The van der Waals surface area contributed by atoms with Gasteiger partial charge in [0.05, 0.1) is 6.54 Å². The molecule has 0 aromatic heterocycles. The maximum Gasteiger partial charge on any atom is 0.238 e. The topological polar surface area (TPSA) is 41.1 Å². The SMILES string of the molecule is Cc1ccc([C@@H](C)NCC(=O)Nc2cccc(F)c2)cc1. The van der Waals surface area contributed by atoms with Gasteiger partial charge in [-0.15, -0.1) is 0 Å². The zero-order valence-corrected chi connectivity index (χ0v) is 12.2. The van der Waals surface area contributed by atoms with E-state index in [1.54, 1.807) is 12.1 Å². The van der Waals surface area contributed by atoms with Crippen molar-refractivity contribution in [3.8, 4) is 0 Å². The van der Waals surface area contributed by atoms with Crippen LogP contribution in [0.3, 0.4) is 0 Å². The number of benzene rings is 2. The van der Waals surface area contributed by atoms with Crippen molar-refractivity contribution < 1.29 is 9.18 Å². The van der Waals surface area contributed by atoms with E-state index in [0.29, 0.717) is 5.69 Å². The van der Waals surface area contributed by atoms with Crippen molar-refractivity contribution in [2.24, 2.45) is 0 Å². The first-order valence-corrected chi connectivity index (χ1v) is 6.90. The summed E-state index contributed by atoms with van der Waals surface area (Å²) in [4.78, 5) is 11.8. The van der Waals surface area contributed by atoms with Gasteiger partial charge >= 0.3 is 0 Å². The fourth-order valence-electron chi connectivity index (χ4n) is 1.99. The number of hydrogen-bond acceptors (Lipinski definition) is 2. The Labute approximate surface area is 124 Å². The fourth-order valence-corrected chi connectivity index (χ4v) is 1.99. The Balaban J connectivity index is 1.84. The number of carbonyl (C=O) groups excluding carboxylic acids is 1. The van der Waals surface area contributed by atoms with E-state index in [4.69, 9.17) is 0 Å². The van der Waals surface area contributed by atoms with Gasteiger partial charge in [-0.2, -0.15) is 0 Å². The van der Waals surface area contributed by atoms with Gasteiger partial charge in [-0.05, 0) is 37.6 Å². The van der Waals surface area contributed by atoms with E-state index < -0.39 is 0 Å². The Morgan fingerprint density at radius 3 is 2.57 bits per heavy atom. The number of nitrogens with one attached hydrogen (secondary N) is 2. The van der Waals surface area contributed by atoms with Gasteiger partial charge in [0, 0.05) is 11.7 Å². The molecule has 1 atom stereocenters. The molecule has 0 heterocycles. The van der Waals surface area contributed by atoms with Gasteiger partial charge in [-0.25, -0.2) is 4.39 Å². The Morgan fingerprint density at radius 2 is 1.90 bits per heavy atom. The van der Waals surface area contributed by atoms with Gasteiger partial charge in [0.2, 0.25) is 5.91 Å². The number of hydrogen-bond donors (Lipinski definition) is 2. The monoisotopic (exact) mass is 286 g/mol. The molecule has 2 rings (SSSR count). The van der Waals surface area contributed by atoms with Crippen LogP contribution < -0.4 is 10.6 Å². The third kappa shape index (κ3) is 4.68. The van der Waals surface area contributed by atoms with Gasteiger partial charge < -0.3 is 10.6 Å². The molecule has 3 nitrogen and oxygen atoms in total. The van der Waals surface area contributed by atoms with Crippen LogP contribution in [0.25, 0.3) is 0 Å². The highest BCUT2D eigenvalue weighted by Crippen LogP contribution is 2.13. The zero-order valence-electron chi connectivity index (χ0n) is 12.2. The normalized spacial score (nSPS) is 12.0. The molecule has 0 aliphatic rings. The summed E-state index contributed by atoms with van der Waals surface area (Å²) in [7, 11) is 0. The lowest BCUT2D eigenvalue weighted by Crippen LogP contribution is -2.30. The van der Waals surface area contributed by atoms with Crippen molar-refractivity contribution in [3.05, 3.63) is 65.5 Å². The maximum atomic E-state index is 13.0. The lowest BCUT2D eigenvalue weighted by molar-refractivity contribution is -0.115. The molecule has 0 saturated heterocycles. The molecule has 0 aliphatic carbocycles. The molecule has 2 N–H and O–H groups in total. The number of aryl methyl sites for hydroxylation is 1. The van der Waals surface area contributed by atoms with Gasteiger partial charge in [0.15, 0.2) is 0 Å². The quantitative estimate of drug-likeness (QED) is 0.884. The van der Waals surface area contributed by atoms with Crippen LogP contribution in [0, 0.1) is 12.7 Å². The van der Waals surface area contributed by atoms with Crippen LogP contribution in [-0.4, -0.2) is 12.5 Å². The van der Waals surface area contributed by atoms with Crippen molar-refractivity contribution in [2.75, 3.05) is 11.9 Å². The van der Waals surface area contributed by atoms with E-state index >= 15 is 0 Å². The van der Waals surface area contributed by atoms with Gasteiger partial charge in [-0.1, -0.05) is 35.9 Å². The van der Waals surface area contributed by atoms with Gasteiger partial charge in [-0.3, -0.25) is 4.79 Å². The summed E-state index contributed by atoms with van der Waals surface area (Å²) < 4.78 is 13.0. The van der Waals surface area contributed by atoms with Crippen LogP contribution in [-0.2, 0) is 4.79 Å². The number of carbonyl (C=O) groups is 1. The lowest BCUT2D eigenvalue weighted by atomic mass is 10.1. The van der Waals surface area contributed by atoms with Crippen LogP contribution in [0.1, 0.15) is 24.1 Å². The molecule has 4 heteroatoms. The van der Waals surface area contributed by atoms with Crippen LogP contribution in [0.5, 0.6) is 0 Å². The van der Waals surface area contributed by atoms with Crippen LogP contribution in [0.15, 0.2) is 48.5 Å². The van der Waals surface area contributed by atoms with Crippen molar-refractivity contribution in [1.29, 1.82) is 0 Å². The summed E-state index contributed by atoms with van der Waals surface area (Å²) in [6, 6.07) is 14.1. The molecular formula is C17H19FN2O. The summed E-state index contributed by atoms with van der Waals surface area (Å²) in [6.07, 6.45) is 0. The number of amides is 1. The van der Waals surface area contributed by atoms with Crippen molar-refractivity contribution in [3.63, 3.8) is 0 Å². The largest absolute Gasteiger partial charge is 0.325 e. The predicted molar refractivity (Wildman–Crippen MR) is 82.6 cm³/mol. The highest BCUT2D eigenvalue weighted by atomic mass is 19.1. The first kappa shape index (κ1) is 15.2. The molecule has 0 fully saturated rings. The first-order chi connectivity index (χ1) is 10.0. The van der Waals surface area contributed by atoms with E-state index in [9.17, 15) is 9.18 Å².